The molecule has 31 heavy (non-hydrogen) atoms. The third-order valence-corrected chi connectivity index (χ3v) is 7.84. The zero-order valence-corrected chi connectivity index (χ0v) is 18.5. The smallest absolute Gasteiger partial charge is 0.348 e. The van der Waals surface area contributed by atoms with Crippen molar-refractivity contribution in [2.24, 2.45) is 0 Å². The van der Waals surface area contributed by atoms with Crippen LogP contribution in [-0.2, 0) is 26.0 Å². The van der Waals surface area contributed by atoms with Crippen molar-refractivity contribution in [3.05, 3.63) is 70.6 Å². The van der Waals surface area contributed by atoms with E-state index in [4.69, 9.17) is 9.47 Å². The standard InChI is InChI=1S/C22H19NO6S2/c1-3-29-21(24)14-8-10-16(11-9-14)31(26,27)23-13-15-12-19(22(25)28-2)30-20(15)17-6-4-5-7-18(17)23/h4-12H,3,13H2,1-2H3. The van der Waals surface area contributed by atoms with E-state index in [-0.39, 0.29) is 23.6 Å². The molecule has 0 unspecified atom stereocenters. The summed E-state index contributed by atoms with van der Waals surface area (Å²) < 4.78 is 38.1. The minimum absolute atomic E-state index is 0.0576. The molecule has 0 saturated heterocycles. The van der Waals surface area contributed by atoms with Gasteiger partial charge in [0, 0.05) is 10.4 Å². The van der Waals surface area contributed by atoms with E-state index in [1.165, 1.54) is 47.0 Å². The molecule has 4 rings (SSSR count). The molecule has 0 radical (unpaired) electrons. The van der Waals surface area contributed by atoms with Crippen LogP contribution in [0.3, 0.4) is 0 Å². The summed E-state index contributed by atoms with van der Waals surface area (Å²) >= 11 is 1.28. The Bertz CT molecular complexity index is 1260. The highest BCUT2D eigenvalue weighted by atomic mass is 32.2. The van der Waals surface area contributed by atoms with Gasteiger partial charge in [-0.15, -0.1) is 11.3 Å². The van der Waals surface area contributed by atoms with Gasteiger partial charge in [0.2, 0.25) is 0 Å². The van der Waals surface area contributed by atoms with E-state index in [1.807, 2.05) is 12.1 Å². The highest BCUT2D eigenvalue weighted by Gasteiger charge is 2.33. The van der Waals surface area contributed by atoms with Gasteiger partial charge in [0.1, 0.15) is 4.88 Å². The summed E-state index contributed by atoms with van der Waals surface area (Å²) in [6, 6.07) is 14.5. The van der Waals surface area contributed by atoms with Crippen LogP contribution in [0.15, 0.2) is 59.5 Å². The molecule has 0 bridgehead atoms. The Labute approximate surface area is 183 Å². The topological polar surface area (TPSA) is 90.0 Å². The fraction of sp³-hybridized carbons (Fsp3) is 0.182. The third kappa shape index (κ3) is 3.70. The minimum Gasteiger partial charge on any atom is -0.465 e. The van der Waals surface area contributed by atoms with E-state index in [9.17, 15) is 18.0 Å². The van der Waals surface area contributed by atoms with Crippen molar-refractivity contribution in [1.82, 2.24) is 0 Å². The number of anilines is 1. The quantitative estimate of drug-likeness (QED) is 0.536. The molecule has 160 valence electrons. The van der Waals surface area contributed by atoms with Gasteiger partial charge in [-0.05, 0) is 48.9 Å². The molecule has 0 saturated carbocycles. The van der Waals surface area contributed by atoms with E-state index in [0.717, 1.165) is 16.0 Å². The van der Waals surface area contributed by atoms with Crippen LogP contribution in [0.4, 0.5) is 5.69 Å². The average Bonchev–Trinajstić information content (AvgIpc) is 3.23. The van der Waals surface area contributed by atoms with Crippen LogP contribution in [0.1, 0.15) is 32.5 Å². The van der Waals surface area contributed by atoms with E-state index >= 15 is 0 Å². The number of carbonyl (C=O) groups is 2. The molecule has 2 aromatic carbocycles. The van der Waals surface area contributed by atoms with Gasteiger partial charge in [-0.2, -0.15) is 0 Å². The second-order valence-electron chi connectivity index (χ2n) is 6.73. The molecule has 0 fully saturated rings. The number of benzene rings is 2. The van der Waals surface area contributed by atoms with Gasteiger partial charge in [-0.3, -0.25) is 4.31 Å². The lowest BCUT2D eigenvalue weighted by molar-refractivity contribution is 0.0525. The highest BCUT2D eigenvalue weighted by Crippen LogP contribution is 2.45. The summed E-state index contributed by atoms with van der Waals surface area (Å²) in [6.07, 6.45) is 0. The van der Waals surface area contributed by atoms with Crippen LogP contribution in [0.2, 0.25) is 0 Å². The van der Waals surface area contributed by atoms with Gasteiger partial charge in [0.25, 0.3) is 10.0 Å². The Morgan fingerprint density at radius 3 is 2.45 bits per heavy atom. The number of methoxy groups -OCH3 is 1. The van der Waals surface area contributed by atoms with Gasteiger partial charge in [-0.25, -0.2) is 18.0 Å². The number of carbonyl (C=O) groups excluding carboxylic acids is 2. The summed E-state index contributed by atoms with van der Waals surface area (Å²) in [4.78, 5) is 25.2. The first kappa shape index (κ1) is 21.1. The second-order valence-corrected chi connectivity index (χ2v) is 9.64. The number of para-hydroxylation sites is 1. The number of rotatable bonds is 5. The third-order valence-electron chi connectivity index (χ3n) is 4.88. The average molecular weight is 458 g/mol. The van der Waals surface area contributed by atoms with E-state index in [0.29, 0.717) is 10.6 Å². The maximum absolute atomic E-state index is 13.5. The molecule has 1 aliphatic rings. The molecule has 1 aliphatic heterocycles. The summed E-state index contributed by atoms with van der Waals surface area (Å²) in [5.41, 5.74) is 2.27. The zero-order valence-electron chi connectivity index (χ0n) is 16.8. The molecule has 9 heteroatoms. The number of hydrogen-bond acceptors (Lipinski definition) is 7. The van der Waals surface area contributed by atoms with Crippen LogP contribution in [0, 0.1) is 0 Å². The molecule has 7 nitrogen and oxygen atoms in total. The fourth-order valence-corrected chi connectivity index (χ4v) is 6.00. The molecule has 0 aliphatic carbocycles. The molecule has 0 atom stereocenters. The molecule has 0 spiro atoms. The number of sulfonamides is 1. The molecule has 2 heterocycles. The normalized spacial score (nSPS) is 12.6. The van der Waals surface area contributed by atoms with Gasteiger partial charge in [0.05, 0.1) is 36.4 Å². The van der Waals surface area contributed by atoms with Crippen molar-refractivity contribution >= 4 is 39.0 Å². The minimum atomic E-state index is -3.92. The summed E-state index contributed by atoms with van der Waals surface area (Å²) in [6.45, 7) is 2.02. The molecular weight excluding hydrogens is 438 g/mol. The van der Waals surface area contributed by atoms with Crippen molar-refractivity contribution in [2.75, 3.05) is 18.0 Å². The van der Waals surface area contributed by atoms with Gasteiger partial charge in [-0.1, -0.05) is 18.2 Å². The Morgan fingerprint density at radius 1 is 1.06 bits per heavy atom. The molecular formula is C22H19NO6S2. The maximum atomic E-state index is 13.5. The first-order valence-corrected chi connectivity index (χ1v) is 11.7. The Morgan fingerprint density at radius 2 is 1.77 bits per heavy atom. The van der Waals surface area contributed by atoms with Crippen LogP contribution in [-0.4, -0.2) is 34.1 Å². The Balaban J connectivity index is 1.75. The molecule has 0 amide bonds. The van der Waals surface area contributed by atoms with Gasteiger partial charge in [0.15, 0.2) is 0 Å². The number of esters is 2. The summed E-state index contributed by atoms with van der Waals surface area (Å²) in [5.74, 6) is -0.964. The Hall–Kier alpha value is -3.17. The monoisotopic (exact) mass is 457 g/mol. The lowest BCUT2D eigenvalue weighted by Crippen LogP contribution is -2.32. The number of hydrogen-bond donors (Lipinski definition) is 0. The lowest BCUT2D eigenvalue weighted by atomic mass is 10.0. The highest BCUT2D eigenvalue weighted by molar-refractivity contribution is 7.92. The van der Waals surface area contributed by atoms with Gasteiger partial charge >= 0.3 is 11.9 Å². The molecule has 3 aromatic rings. The largest absolute Gasteiger partial charge is 0.465 e. The fourth-order valence-electron chi connectivity index (χ4n) is 3.42. The van der Waals surface area contributed by atoms with Crippen molar-refractivity contribution in [2.45, 2.75) is 18.4 Å². The number of nitrogens with zero attached hydrogens (tertiary/aromatic N) is 1. The number of fused-ring (bicyclic) bond motifs is 3. The van der Waals surface area contributed by atoms with Crippen LogP contribution < -0.4 is 4.31 Å². The van der Waals surface area contributed by atoms with Crippen molar-refractivity contribution in [1.29, 1.82) is 0 Å². The molecule has 1 aromatic heterocycles. The SMILES string of the molecule is CCOC(=O)c1ccc(S(=O)(=O)N2Cc3cc(C(=O)OC)sc3-c3ccccc32)cc1. The zero-order chi connectivity index (χ0) is 22.2. The predicted octanol–water partition coefficient (Wildman–Crippen LogP) is 4.09. The van der Waals surface area contributed by atoms with Crippen molar-refractivity contribution in [3.8, 4) is 10.4 Å². The Kier molecular flexibility index (Phi) is 5.55. The van der Waals surface area contributed by atoms with E-state index in [2.05, 4.69) is 0 Å². The first-order chi connectivity index (χ1) is 14.9. The number of thiophene rings is 1. The summed E-state index contributed by atoms with van der Waals surface area (Å²) in [7, 11) is -2.61. The van der Waals surface area contributed by atoms with Crippen LogP contribution >= 0.6 is 11.3 Å². The maximum Gasteiger partial charge on any atom is 0.348 e. The van der Waals surface area contributed by atoms with Gasteiger partial charge < -0.3 is 9.47 Å². The van der Waals surface area contributed by atoms with Crippen molar-refractivity contribution < 1.29 is 27.5 Å². The molecule has 0 N–H and O–H groups in total. The lowest BCUT2D eigenvalue weighted by Gasteiger charge is -2.30. The van der Waals surface area contributed by atoms with E-state index < -0.39 is 22.0 Å². The van der Waals surface area contributed by atoms with Crippen molar-refractivity contribution in [3.63, 3.8) is 0 Å². The second kappa shape index (κ2) is 8.16. The first-order valence-electron chi connectivity index (χ1n) is 9.47. The van der Waals surface area contributed by atoms with Crippen LogP contribution in [0.5, 0.6) is 0 Å². The number of ether oxygens (including phenoxy) is 2. The summed E-state index contributed by atoms with van der Waals surface area (Å²) in [5, 5.41) is 0. The van der Waals surface area contributed by atoms with Crippen LogP contribution in [0.25, 0.3) is 10.4 Å². The predicted molar refractivity (Wildman–Crippen MR) is 117 cm³/mol. The van der Waals surface area contributed by atoms with E-state index in [1.54, 1.807) is 25.1 Å².